The molecule has 2 aliphatic rings. The summed E-state index contributed by atoms with van der Waals surface area (Å²) < 4.78 is 45.7. The Kier molecular flexibility index (Phi) is 12.5. The zero-order valence-electron chi connectivity index (χ0n) is 27.2. The van der Waals surface area contributed by atoms with Crippen molar-refractivity contribution in [1.82, 2.24) is 9.97 Å². The predicted molar refractivity (Wildman–Crippen MR) is 187 cm³/mol. The van der Waals surface area contributed by atoms with Crippen molar-refractivity contribution >= 4 is 28.4 Å². The summed E-state index contributed by atoms with van der Waals surface area (Å²) in [6.45, 7) is 5.12. The molecule has 2 aromatic heterocycles. The fourth-order valence-electron chi connectivity index (χ4n) is 5.85. The second kappa shape index (κ2) is 16.7. The predicted octanol–water partition coefficient (Wildman–Crippen LogP) is 9.27. The van der Waals surface area contributed by atoms with E-state index in [1.54, 1.807) is 6.07 Å². The first kappa shape index (κ1) is 35.1. The lowest BCUT2D eigenvalue weighted by Gasteiger charge is -2.46. The van der Waals surface area contributed by atoms with Crippen molar-refractivity contribution in [3.63, 3.8) is 0 Å². The van der Waals surface area contributed by atoms with Gasteiger partial charge in [0.1, 0.15) is 11.6 Å². The summed E-state index contributed by atoms with van der Waals surface area (Å²) >= 11 is 6.66. The highest BCUT2D eigenvalue weighted by molar-refractivity contribution is 8.22. The molecule has 0 unspecified atom stereocenters. The number of thiocarbonyl (C=S) groups is 1. The quantitative estimate of drug-likeness (QED) is 0.147. The first-order valence-electron chi connectivity index (χ1n) is 16.2. The van der Waals surface area contributed by atoms with Gasteiger partial charge in [-0.05, 0) is 78.5 Å². The molecule has 0 bridgehead atoms. The van der Waals surface area contributed by atoms with E-state index in [0.717, 1.165) is 35.4 Å². The van der Waals surface area contributed by atoms with Crippen LogP contribution in [-0.4, -0.2) is 32.8 Å². The minimum Gasteiger partial charge on any atom is -0.465 e. The van der Waals surface area contributed by atoms with Crippen molar-refractivity contribution in [3.05, 3.63) is 130 Å². The zero-order valence-corrected chi connectivity index (χ0v) is 28.8. The smallest absolute Gasteiger partial charge is 0.220 e. The van der Waals surface area contributed by atoms with Crippen LogP contribution in [-0.2, 0) is 45.9 Å². The van der Waals surface area contributed by atoms with Crippen molar-refractivity contribution in [1.29, 1.82) is 0 Å². The van der Waals surface area contributed by atoms with Crippen LogP contribution in [0.25, 0.3) is 0 Å². The second-order valence-electron chi connectivity index (χ2n) is 12.0. The third kappa shape index (κ3) is 9.22. The van der Waals surface area contributed by atoms with Gasteiger partial charge in [-0.25, -0.2) is 8.78 Å². The lowest BCUT2D eigenvalue weighted by Crippen LogP contribution is -2.49. The molecule has 2 aliphatic carbocycles. The standard InChI is InChI=1S/C20H22FNO2S2.C18H20FNO/c1-3-15-9-18(22-12-17(15)21)20(24-19(25)26-2)10-16(11-20)23-13-14-7-5-4-6-8-14;1-2-14-10-18(20-11-17(14)19)15-8-16(9-15)21-12-13-6-4-3-5-7-13/h4-9,12,16H,3,10-11,13H2,1-2H3;3-7,10-11,15-16H,2,8-9,12H2,1H3. The molecule has 2 saturated carbocycles. The Hall–Kier alpha value is -3.24. The molecule has 0 N–H and O–H groups in total. The van der Waals surface area contributed by atoms with Crippen molar-refractivity contribution in [2.24, 2.45) is 0 Å². The number of nitrogens with zero attached hydrogens (tertiary/aromatic N) is 2. The van der Waals surface area contributed by atoms with Crippen molar-refractivity contribution in [2.75, 3.05) is 6.26 Å². The summed E-state index contributed by atoms with van der Waals surface area (Å²) in [5.74, 6) is -0.0656. The molecule has 9 heteroatoms. The summed E-state index contributed by atoms with van der Waals surface area (Å²) in [5, 5.41) is 0. The van der Waals surface area contributed by atoms with E-state index in [1.165, 1.54) is 29.7 Å². The van der Waals surface area contributed by atoms with Crippen LogP contribution in [0.15, 0.2) is 85.2 Å². The van der Waals surface area contributed by atoms with Crippen molar-refractivity contribution in [3.8, 4) is 0 Å². The molecule has 0 saturated heterocycles. The number of ether oxygens (including phenoxy) is 3. The normalized spacial score (nSPS) is 21.5. The summed E-state index contributed by atoms with van der Waals surface area (Å²) in [4.78, 5) is 8.53. The molecule has 248 valence electrons. The molecule has 0 spiro atoms. The molecular weight excluding hydrogens is 635 g/mol. The van der Waals surface area contributed by atoms with Crippen LogP contribution in [0.2, 0.25) is 0 Å². The number of thioether (sulfide) groups is 1. The Labute approximate surface area is 286 Å². The maximum Gasteiger partial charge on any atom is 0.220 e. The summed E-state index contributed by atoms with van der Waals surface area (Å²) in [7, 11) is 0. The highest BCUT2D eigenvalue weighted by Crippen LogP contribution is 2.47. The monoisotopic (exact) mass is 676 g/mol. The largest absolute Gasteiger partial charge is 0.465 e. The van der Waals surface area contributed by atoms with Gasteiger partial charge >= 0.3 is 0 Å². The summed E-state index contributed by atoms with van der Waals surface area (Å²) in [5.41, 5.74) is 4.85. The van der Waals surface area contributed by atoms with Crippen LogP contribution in [0.4, 0.5) is 8.78 Å². The summed E-state index contributed by atoms with van der Waals surface area (Å²) in [6.07, 6.45) is 9.47. The number of benzene rings is 2. The molecule has 5 nitrogen and oxygen atoms in total. The third-order valence-corrected chi connectivity index (χ3v) is 9.85. The van der Waals surface area contributed by atoms with E-state index in [-0.39, 0.29) is 17.7 Å². The van der Waals surface area contributed by atoms with Crippen LogP contribution in [0.1, 0.15) is 79.1 Å². The number of hydrogen-bond donors (Lipinski definition) is 0. The molecule has 0 radical (unpaired) electrons. The number of rotatable bonds is 11. The zero-order chi connectivity index (χ0) is 33.2. The maximum absolute atomic E-state index is 13.8. The van der Waals surface area contributed by atoms with Gasteiger partial charge in [-0.3, -0.25) is 9.97 Å². The maximum atomic E-state index is 13.8. The Morgan fingerprint density at radius 3 is 1.89 bits per heavy atom. The summed E-state index contributed by atoms with van der Waals surface area (Å²) in [6, 6.07) is 24.0. The molecule has 2 fully saturated rings. The van der Waals surface area contributed by atoms with E-state index in [0.29, 0.717) is 60.9 Å². The molecule has 2 aromatic carbocycles. The molecule has 0 atom stereocenters. The fraction of sp³-hybridized carbons (Fsp3) is 0.395. The molecule has 47 heavy (non-hydrogen) atoms. The fourth-order valence-corrected chi connectivity index (χ4v) is 6.26. The topological polar surface area (TPSA) is 53.5 Å². The lowest BCUT2D eigenvalue weighted by molar-refractivity contribution is -0.140. The van der Waals surface area contributed by atoms with Crippen LogP contribution < -0.4 is 0 Å². The SMILES string of the molecule is CCc1cc(C2(OC(=S)SC)CC(OCc3ccccc3)C2)ncc1F.CCc1cc(C2CC(OCc3ccccc3)C2)ncc1F. The number of aryl methyl sites for hydroxylation is 2. The second-order valence-corrected chi connectivity index (χ2v) is 13.4. The Morgan fingerprint density at radius 1 is 0.809 bits per heavy atom. The van der Waals surface area contributed by atoms with E-state index >= 15 is 0 Å². The van der Waals surface area contributed by atoms with Gasteiger partial charge in [-0.2, -0.15) is 0 Å². The number of halogens is 2. The van der Waals surface area contributed by atoms with Crippen LogP contribution in [0, 0.1) is 11.6 Å². The van der Waals surface area contributed by atoms with E-state index in [2.05, 4.69) is 22.1 Å². The molecule has 0 aliphatic heterocycles. The highest BCUT2D eigenvalue weighted by Gasteiger charge is 2.50. The Balaban J connectivity index is 0.000000189. The van der Waals surface area contributed by atoms with Gasteiger partial charge in [0.25, 0.3) is 0 Å². The Bertz CT molecular complexity index is 1600. The Morgan fingerprint density at radius 2 is 1.34 bits per heavy atom. The van der Waals surface area contributed by atoms with Crippen molar-refractivity contribution < 1.29 is 23.0 Å². The molecule has 4 aromatic rings. The molecular formula is C38H42F2N2O3S2. The lowest BCUT2D eigenvalue weighted by atomic mass is 9.74. The number of pyridine rings is 2. The minimum atomic E-state index is -0.626. The third-order valence-electron chi connectivity index (χ3n) is 8.85. The molecule has 0 amide bonds. The van der Waals surface area contributed by atoms with E-state index in [4.69, 9.17) is 26.4 Å². The minimum absolute atomic E-state index is 0.0665. The van der Waals surface area contributed by atoms with Gasteiger partial charge in [0.15, 0.2) is 5.60 Å². The van der Waals surface area contributed by atoms with Gasteiger partial charge in [0, 0.05) is 24.5 Å². The average Bonchev–Trinajstić information content (AvgIpc) is 3.07. The van der Waals surface area contributed by atoms with E-state index in [9.17, 15) is 8.78 Å². The van der Waals surface area contributed by atoms with Crippen molar-refractivity contribution in [2.45, 2.75) is 89.3 Å². The molecule has 2 heterocycles. The van der Waals surface area contributed by atoms with Crippen LogP contribution in [0.3, 0.4) is 0 Å². The first-order chi connectivity index (χ1) is 22.8. The van der Waals surface area contributed by atoms with Crippen LogP contribution in [0.5, 0.6) is 0 Å². The van der Waals surface area contributed by atoms with E-state index < -0.39 is 5.60 Å². The number of hydrogen-bond acceptors (Lipinski definition) is 7. The first-order valence-corrected chi connectivity index (χ1v) is 17.8. The van der Waals surface area contributed by atoms with Gasteiger partial charge in [0.2, 0.25) is 4.38 Å². The van der Waals surface area contributed by atoms with Gasteiger partial charge in [-0.15, -0.1) is 0 Å². The van der Waals surface area contributed by atoms with Gasteiger partial charge in [-0.1, -0.05) is 86.3 Å². The molecule has 6 rings (SSSR count). The van der Waals surface area contributed by atoms with Crippen LogP contribution >= 0.6 is 24.0 Å². The van der Waals surface area contributed by atoms with Gasteiger partial charge in [0.05, 0.1) is 43.5 Å². The van der Waals surface area contributed by atoms with Gasteiger partial charge < -0.3 is 14.2 Å². The highest BCUT2D eigenvalue weighted by atomic mass is 32.2. The van der Waals surface area contributed by atoms with E-state index in [1.807, 2.05) is 74.7 Å². The number of aromatic nitrogens is 2. The average molecular weight is 677 g/mol.